The van der Waals surface area contributed by atoms with Gasteiger partial charge < -0.3 is 48.9 Å². The molecule has 1 aliphatic rings. The van der Waals surface area contributed by atoms with Crippen molar-refractivity contribution in [3.05, 3.63) is 36.1 Å². The second kappa shape index (κ2) is 15.3. The fourth-order valence-corrected chi connectivity index (χ4v) is 4.22. The van der Waals surface area contributed by atoms with E-state index in [1.807, 2.05) is 0 Å². The van der Waals surface area contributed by atoms with Crippen molar-refractivity contribution >= 4 is 45.8 Å². The fourth-order valence-electron chi connectivity index (χ4n) is 4.22. The number of rotatable bonds is 17. The zero-order valence-electron chi connectivity index (χ0n) is 23.6. The predicted octanol–water partition coefficient (Wildman–Crippen LogP) is 3.36. The van der Waals surface area contributed by atoms with Gasteiger partial charge in [0.1, 0.15) is 6.10 Å². The molecular weight excluding hydrogens is 568 g/mol. The van der Waals surface area contributed by atoms with Crippen LogP contribution in [0.15, 0.2) is 34.7 Å². The highest BCUT2D eigenvalue weighted by molar-refractivity contribution is 6.12. The number of carbonyl (C=O) groups is 4. The Labute approximate surface area is 246 Å². The molecule has 0 aliphatic carbocycles. The number of ether oxygens (including phenoxy) is 5. The lowest BCUT2D eigenvalue weighted by Crippen LogP contribution is -2.23. The topological polar surface area (TPSA) is 195 Å². The van der Waals surface area contributed by atoms with Crippen LogP contribution in [0.2, 0.25) is 0 Å². The third-order valence-corrected chi connectivity index (χ3v) is 6.43. The van der Waals surface area contributed by atoms with E-state index in [4.69, 9.17) is 38.3 Å². The summed E-state index contributed by atoms with van der Waals surface area (Å²) in [5, 5.41) is 24.7. The summed E-state index contributed by atoms with van der Waals surface area (Å²) in [6, 6.07) is 8.10. The van der Waals surface area contributed by atoms with E-state index in [-0.39, 0.29) is 54.1 Å². The highest BCUT2D eigenvalue weighted by atomic mass is 16.7. The van der Waals surface area contributed by atoms with Crippen LogP contribution >= 0.6 is 0 Å². The Kier molecular flexibility index (Phi) is 11.3. The number of unbranched alkanes of at least 4 members (excludes halogenated alkanes) is 2. The van der Waals surface area contributed by atoms with Gasteiger partial charge in [0.15, 0.2) is 34.9 Å². The molecule has 1 fully saturated rings. The number of aliphatic hydroxyl groups excluding tert-OH is 1. The summed E-state index contributed by atoms with van der Waals surface area (Å²) in [5.74, 6) is -1.32. The van der Waals surface area contributed by atoms with E-state index < -0.39 is 30.4 Å². The molecule has 2 heterocycles. The maximum atomic E-state index is 12.6. The molecule has 2 aromatic carbocycles. The molecule has 14 nitrogen and oxygen atoms in total. The SMILES string of the molecule is CC(=O)c1cc2c(OC(=O)OCCCCNCC3OC3O)c3ccccc3c(OC(=O)OCCCCNCC(=O)O)c2o1. The number of Topliss-reactive ketones (excluding diaryl/α,β-unsaturated/α-hetero) is 1. The molecule has 0 radical (unpaired) electrons. The molecule has 4 N–H and O–H groups in total. The number of epoxide rings is 1. The fraction of sp³-hybridized carbons (Fsp3) is 0.448. The Morgan fingerprint density at radius 2 is 1.44 bits per heavy atom. The summed E-state index contributed by atoms with van der Waals surface area (Å²) in [7, 11) is 0. The molecule has 4 rings (SSSR count). The number of hydrogen-bond donors (Lipinski definition) is 4. The average Bonchev–Trinajstić information content (AvgIpc) is 3.48. The van der Waals surface area contributed by atoms with E-state index in [0.29, 0.717) is 49.7 Å². The number of nitrogens with one attached hydrogen (secondary N) is 2. The highest BCUT2D eigenvalue weighted by Gasteiger charge is 2.36. The number of aliphatic carboxylic acids is 1. The number of fused-ring (bicyclic) bond motifs is 2. The van der Waals surface area contributed by atoms with Crippen molar-refractivity contribution in [1.29, 1.82) is 0 Å². The number of aliphatic hydroxyl groups is 1. The molecule has 1 aliphatic heterocycles. The highest BCUT2D eigenvalue weighted by Crippen LogP contribution is 2.44. The van der Waals surface area contributed by atoms with Crippen LogP contribution in [0.1, 0.15) is 43.2 Å². The summed E-state index contributed by atoms with van der Waals surface area (Å²) in [6.45, 7) is 2.94. The van der Waals surface area contributed by atoms with E-state index in [1.54, 1.807) is 24.3 Å². The molecule has 0 amide bonds. The van der Waals surface area contributed by atoms with Crippen LogP contribution < -0.4 is 20.1 Å². The molecule has 0 bridgehead atoms. The first kappa shape index (κ1) is 31.7. The van der Waals surface area contributed by atoms with Crippen LogP contribution in [0.3, 0.4) is 0 Å². The smallest absolute Gasteiger partial charge is 0.480 e. The van der Waals surface area contributed by atoms with Gasteiger partial charge in [0.25, 0.3) is 0 Å². The van der Waals surface area contributed by atoms with Crippen molar-refractivity contribution in [3.63, 3.8) is 0 Å². The van der Waals surface area contributed by atoms with Gasteiger partial charge in [-0.25, -0.2) is 9.59 Å². The van der Waals surface area contributed by atoms with Crippen LogP contribution in [0.5, 0.6) is 11.5 Å². The number of carboxylic acids is 1. The zero-order chi connectivity index (χ0) is 30.8. The quantitative estimate of drug-likeness (QED) is 0.0577. The zero-order valence-corrected chi connectivity index (χ0v) is 23.6. The van der Waals surface area contributed by atoms with Crippen LogP contribution in [-0.4, -0.2) is 86.1 Å². The summed E-state index contributed by atoms with van der Waals surface area (Å²) in [4.78, 5) is 47.9. The Hall–Kier alpha value is -4.24. The number of carboxylic acid groups (broad SMARTS) is 1. The van der Waals surface area contributed by atoms with Crippen molar-refractivity contribution in [2.75, 3.05) is 39.4 Å². The standard InChI is InChI=1S/C29H34N2O12/c1-17(32)21-14-20-24(42-28(36)38-12-6-4-10-30-15-22-27(35)41-22)18-8-2-3-9-19(18)25(26(20)40-21)43-29(37)39-13-7-5-11-31-16-23(33)34/h2-3,8-9,14,22,27,30-31,35H,4-7,10-13,15-16H2,1H3,(H,33,34). The van der Waals surface area contributed by atoms with Crippen LogP contribution in [0, 0.1) is 0 Å². The van der Waals surface area contributed by atoms with Gasteiger partial charge in [-0.2, -0.15) is 0 Å². The summed E-state index contributed by atoms with van der Waals surface area (Å²) in [6.07, 6.45) is -0.485. The summed E-state index contributed by atoms with van der Waals surface area (Å²) < 4.78 is 32.2. The number of furan rings is 1. The van der Waals surface area contributed by atoms with Gasteiger partial charge >= 0.3 is 18.3 Å². The number of benzene rings is 2. The van der Waals surface area contributed by atoms with Gasteiger partial charge in [-0.15, -0.1) is 0 Å². The molecular formula is C29H34N2O12. The van der Waals surface area contributed by atoms with Crippen molar-refractivity contribution in [3.8, 4) is 11.5 Å². The number of ketones is 1. The van der Waals surface area contributed by atoms with Gasteiger partial charge in [-0.3, -0.25) is 9.59 Å². The van der Waals surface area contributed by atoms with Crippen molar-refractivity contribution in [2.24, 2.45) is 0 Å². The van der Waals surface area contributed by atoms with Gasteiger partial charge in [-0.05, 0) is 44.8 Å². The maximum absolute atomic E-state index is 12.6. The molecule has 2 unspecified atom stereocenters. The number of carbonyl (C=O) groups excluding carboxylic acids is 3. The minimum Gasteiger partial charge on any atom is -0.480 e. The first-order valence-electron chi connectivity index (χ1n) is 13.9. The Bertz CT molecular complexity index is 1450. The average molecular weight is 603 g/mol. The Morgan fingerprint density at radius 3 is 2.02 bits per heavy atom. The molecule has 1 aromatic heterocycles. The van der Waals surface area contributed by atoms with Gasteiger partial charge in [-0.1, -0.05) is 24.3 Å². The third-order valence-electron chi connectivity index (χ3n) is 6.43. The lowest BCUT2D eigenvalue weighted by molar-refractivity contribution is -0.135. The molecule has 43 heavy (non-hydrogen) atoms. The monoisotopic (exact) mass is 602 g/mol. The van der Waals surface area contributed by atoms with Crippen LogP contribution in [0.25, 0.3) is 21.7 Å². The molecule has 0 spiro atoms. The molecule has 1 saturated heterocycles. The number of hydrogen-bond acceptors (Lipinski definition) is 13. The maximum Gasteiger partial charge on any atom is 0.513 e. The van der Waals surface area contributed by atoms with Gasteiger partial charge in [0.05, 0.1) is 25.1 Å². The van der Waals surface area contributed by atoms with E-state index in [0.717, 1.165) is 6.42 Å². The molecule has 14 heteroatoms. The van der Waals surface area contributed by atoms with Crippen molar-refractivity contribution < 1.29 is 57.5 Å². The van der Waals surface area contributed by atoms with Gasteiger partial charge in [0.2, 0.25) is 0 Å². The van der Waals surface area contributed by atoms with E-state index in [9.17, 15) is 19.2 Å². The third kappa shape index (κ3) is 9.12. The predicted molar refractivity (Wildman–Crippen MR) is 150 cm³/mol. The summed E-state index contributed by atoms with van der Waals surface area (Å²) in [5.41, 5.74) is 0.0114. The first-order valence-corrected chi connectivity index (χ1v) is 13.9. The minimum atomic E-state index is -1.01. The van der Waals surface area contributed by atoms with Crippen LogP contribution in [0.4, 0.5) is 9.59 Å². The van der Waals surface area contributed by atoms with Crippen LogP contribution in [-0.2, 0) is 19.0 Å². The van der Waals surface area contributed by atoms with Gasteiger partial charge in [0, 0.05) is 24.2 Å². The van der Waals surface area contributed by atoms with E-state index in [2.05, 4.69) is 10.6 Å². The largest absolute Gasteiger partial charge is 0.513 e. The normalized spacial score (nSPS) is 15.8. The second-order valence-corrected chi connectivity index (χ2v) is 9.77. The van der Waals surface area contributed by atoms with E-state index >= 15 is 0 Å². The second-order valence-electron chi connectivity index (χ2n) is 9.77. The Balaban J connectivity index is 1.41. The van der Waals surface area contributed by atoms with Crippen molar-refractivity contribution in [1.82, 2.24) is 10.6 Å². The molecule has 0 saturated carbocycles. The first-order chi connectivity index (χ1) is 20.7. The Morgan fingerprint density at radius 1 is 0.860 bits per heavy atom. The van der Waals surface area contributed by atoms with Crippen molar-refractivity contribution in [2.45, 2.75) is 45.0 Å². The summed E-state index contributed by atoms with van der Waals surface area (Å²) >= 11 is 0. The molecule has 2 atom stereocenters. The molecule has 232 valence electrons. The lowest BCUT2D eigenvalue weighted by Gasteiger charge is -2.13. The lowest BCUT2D eigenvalue weighted by atomic mass is 10.1. The minimum absolute atomic E-state index is 0.0106. The van der Waals surface area contributed by atoms with E-state index in [1.165, 1.54) is 13.0 Å². The molecule has 3 aromatic rings.